The standard InChI is InChI=1S/C16H18N4O4/c1-11-10-15(18-24-11)17-16(21)12-6-8-19(9-7-12)13-4-2-3-5-14(13)20(22)23/h2-5,10,12H,6-9H2,1H3,(H,17,18,21). The molecule has 1 N–H and O–H groups in total. The minimum absolute atomic E-state index is 0.0921. The Labute approximate surface area is 138 Å². The zero-order chi connectivity index (χ0) is 17.1. The van der Waals surface area contributed by atoms with Gasteiger partial charge in [0.25, 0.3) is 5.69 Å². The van der Waals surface area contributed by atoms with Crippen LogP contribution in [-0.4, -0.2) is 29.1 Å². The number of piperidine rings is 1. The predicted molar refractivity (Wildman–Crippen MR) is 87.9 cm³/mol. The number of anilines is 2. The van der Waals surface area contributed by atoms with Gasteiger partial charge in [0.05, 0.1) is 4.92 Å². The number of carbonyl (C=O) groups is 1. The van der Waals surface area contributed by atoms with Crippen molar-refractivity contribution in [3.63, 3.8) is 0 Å². The number of para-hydroxylation sites is 2. The second-order valence-corrected chi connectivity index (χ2v) is 5.82. The number of nitro benzene ring substituents is 1. The van der Waals surface area contributed by atoms with Crippen LogP contribution in [0.25, 0.3) is 0 Å². The van der Waals surface area contributed by atoms with Crippen LogP contribution in [0.15, 0.2) is 34.9 Å². The van der Waals surface area contributed by atoms with E-state index >= 15 is 0 Å². The normalized spacial score (nSPS) is 15.3. The lowest BCUT2D eigenvalue weighted by atomic mass is 9.95. The topological polar surface area (TPSA) is 102 Å². The van der Waals surface area contributed by atoms with Crippen molar-refractivity contribution in [1.82, 2.24) is 5.16 Å². The van der Waals surface area contributed by atoms with Gasteiger partial charge in [-0.25, -0.2) is 0 Å². The van der Waals surface area contributed by atoms with E-state index in [1.54, 1.807) is 31.2 Å². The fraction of sp³-hybridized carbons (Fsp3) is 0.375. The summed E-state index contributed by atoms with van der Waals surface area (Å²) in [5, 5.41) is 17.6. The number of nitrogens with zero attached hydrogens (tertiary/aromatic N) is 3. The largest absolute Gasteiger partial charge is 0.366 e. The molecule has 126 valence electrons. The molecular formula is C16H18N4O4. The lowest BCUT2D eigenvalue weighted by Gasteiger charge is -2.32. The molecule has 0 atom stereocenters. The molecule has 1 aliphatic heterocycles. The highest BCUT2D eigenvalue weighted by molar-refractivity contribution is 5.91. The molecule has 8 heteroatoms. The summed E-state index contributed by atoms with van der Waals surface area (Å²) in [5.41, 5.74) is 0.701. The molecule has 24 heavy (non-hydrogen) atoms. The number of amides is 1. The summed E-state index contributed by atoms with van der Waals surface area (Å²) in [5.74, 6) is 0.821. The van der Waals surface area contributed by atoms with Crippen LogP contribution in [0, 0.1) is 23.0 Å². The number of aromatic nitrogens is 1. The van der Waals surface area contributed by atoms with Crippen LogP contribution in [0.3, 0.4) is 0 Å². The first-order valence-corrected chi connectivity index (χ1v) is 7.77. The molecule has 1 aromatic heterocycles. The lowest BCUT2D eigenvalue weighted by molar-refractivity contribution is -0.384. The van der Waals surface area contributed by atoms with Crippen molar-refractivity contribution in [2.75, 3.05) is 23.3 Å². The molecule has 8 nitrogen and oxygen atoms in total. The highest BCUT2D eigenvalue weighted by Crippen LogP contribution is 2.31. The SMILES string of the molecule is Cc1cc(NC(=O)C2CCN(c3ccccc3[N+](=O)[O-])CC2)no1. The van der Waals surface area contributed by atoms with Crippen molar-refractivity contribution in [2.45, 2.75) is 19.8 Å². The van der Waals surface area contributed by atoms with Crippen molar-refractivity contribution < 1.29 is 14.2 Å². The smallest absolute Gasteiger partial charge is 0.292 e. The molecule has 1 saturated heterocycles. The van der Waals surface area contributed by atoms with Crippen LogP contribution in [0.2, 0.25) is 0 Å². The number of nitro groups is 1. The summed E-state index contributed by atoms with van der Waals surface area (Å²) in [6.45, 7) is 2.95. The molecule has 3 rings (SSSR count). The molecule has 2 heterocycles. The third-order valence-electron chi connectivity index (χ3n) is 4.16. The average Bonchev–Trinajstić information content (AvgIpc) is 3.00. The molecular weight excluding hydrogens is 312 g/mol. The van der Waals surface area contributed by atoms with E-state index in [0.29, 0.717) is 43.2 Å². The van der Waals surface area contributed by atoms with Crippen molar-refractivity contribution in [3.8, 4) is 0 Å². The van der Waals surface area contributed by atoms with E-state index < -0.39 is 0 Å². The first kappa shape index (κ1) is 16.0. The Bertz CT molecular complexity index is 750. The molecule has 1 amide bonds. The van der Waals surface area contributed by atoms with E-state index in [9.17, 15) is 14.9 Å². The molecule has 1 aliphatic rings. The van der Waals surface area contributed by atoms with Gasteiger partial charge in [-0.05, 0) is 25.8 Å². The Morgan fingerprint density at radius 2 is 2.08 bits per heavy atom. The van der Waals surface area contributed by atoms with Crippen LogP contribution < -0.4 is 10.2 Å². The second-order valence-electron chi connectivity index (χ2n) is 5.82. The van der Waals surface area contributed by atoms with Gasteiger partial charge in [-0.15, -0.1) is 0 Å². The summed E-state index contributed by atoms with van der Waals surface area (Å²) < 4.78 is 4.93. The first-order valence-electron chi connectivity index (χ1n) is 7.77. The van der Waals surface area contributed by atoms with E-state index in [1.807, 2.05) is 4.90 Å². The number of nitrogens with one attached hydrogen (secondary N) is 1. The molecule has 0 unspecified atom stereocenters. The highest BCUT2D eigenvalue weighted by Gasteiger charge is 2.28. The second kappa shape index (κ2) is 6.69. The molecule has 0 bridgehead atoms. The molecule has 1 aromatic carbocycles. The average molecular weight is 330 g/mol. The quantitative estimate of drug-likeness (QED) is 0.683. The molecule has 2 aromatic rings. The van der Waals surface area contributed by atoms with Crippen LogP contribution in [0.1, 0.15) is 18.6 Å². The Hall–Kier alpha value is -2.90. The Morgan fingerprint density at radius 3 is 2.71 bits per heavy atom. The van der Waals surface area contributed by atoms with Gasteiger partial charge in [-0.3, -0.25) is 14.9 Å². The van der Waals surface area contributed by atoms with Gasteiger partial charge in [0.15, 0.2) is 5.82 Å². The van der Waals surface area contributed by atoms with Crippen LogP contribution in [0.4, 0.5) is 17.2 Å². The number of hydrogen-bond acceptors (Lipinski definition) is 6. The molecule has 0 aliphatic carbocycles. The Morgan fingerprint density at radius 1 is 1.38 bits per heavy atom. The molecule has 0 spiro atoms. The minimum atomic E-state index is -0.374. The highest BCUT2D eigenvalue weighted by atomic mass is 16.6. The van der Waals surface area contributed by atoms with E-state index in [-0.39, 0.29) is 22.4 Å². The fourth-order valence-electron chi connectivity index (χ4n) is 2.92. The Balaban J connectivity index is 1.62. The van der Waals surface area contributed by atoms with Gasteiger partial charge in [0.1, 0.15) is 11.4 Å². The Kier molecular flexibility index (Phi) is 4.45. The fourth-order valence-corrected chi connectivity index (χ4v) is 2.92. The number of rotatable bonds is 4. The van der Waals surface area contributed by atoms with Gasteiger partial charge in [-0.1, -0.05) is 17.3 Å². The van der Waals surface area contributed by atoms with E-state index in [2.05, 4.69) is 10.5 Å². The molecule has 0 saturated carbocycles. The van der Waals surface area contributed by atoms with Gasteiger partial charge in [0, 0.05) is 31.1 Å². The maximum atomic E-state index is 12.3. The monoisotopic (exact) mass is 330 g/mol. The van der Waals surface area contributed by atoms with Crippen LogP contribution in [0.5, 0.6) is 0 Å². The first-order chi connectivity index (χ1) is 11.5. The summed E-state index contributed by atoms with van der Waals surface area (Å²) in [6.07, 6.45) is 1.27. The van der Waals surface area contributed by atoms with Gasteiger partial charge >= 0.3 is 0 Å². The zero-order valence-electron chi connectivity index (χ0n) is 13.3. The number of aryl methyl sites for hydroxylation is 1. The van der Waals surface area contributed by atoms with E-state index in [4.69, 9.17) is 4.52 Å². The summed E-state index contributed by atoms with van der Waals surface area (Å²) >= 11 is 0. The van der Waals surface area contributed by atoms with E-state index in [1.165, 1.54) is 6.07 Å². The van der Waals surface area contributed by atoms with Crippen LogP contribution in [-0.2, 0) is 4.79 Å². The van der Waals surface area contributed by atoms with Crippen molar-refractivity contribution in [2.24, 2.45) is 5.92 Å². The van der Waals surface area contributed by atoms with Crippen molar-refractivity contribution >= 4 is 23.1 Å². The van der Waals surface area contributed by atoms with E-state index in [0.717, 1.165) is 0 Å². The molecule has 1 fully saturated rings. The summed E-state index contributed by atoms with van der Waals surface area (Å²) in [4.78, 5) is 25.0. The summed E-state index contributed by atoms with van der Waals surface area (Å²) in [7, 11) is 0. The van der Waals surface area contributed by atoms with Gasteiger partial charge < -0.3 is 14.7 Å². The maximum absolute atomic E-state index is 12.3. The maximum Gasteiger partial charge on any atom is 0.292 e. The number of hydrogen-bond donors (Lipinski definition) is 1. The van der Waals surface area contributed by atoms with Crippen molar-refractivity contribution in [3.05, 3.63) is 46.2 Å². The minimum Gasteiger partial charge on any atom is -0.366 e. The third kappa shape index (κ3) is 3.37. The van der Waals surface area contributed by atoms with Crippen LogP contribution >= 0.6 is 0 Å². The summed E-state index contributed by atoms with van der Waals surface area (Å²) in [6, 6.07) is 8.36. The number of carbonyl (C=O) groups excluding carboxylic acids is 1. The number of benzene rings is 1. The zero-order valence-corrected chi connectivity index (χ0v) is 13.3. The third-order valence-corrected chi connectivity index (χ3v) is 4.16. The lowest BCUT2D eigenvalue weighted by Crippen LogP contribution is -2.38. The van der Waals surface area contributed by atoms with Gasteiger partial charge in [-0.2, -0.15) is 0 Å². The van der Waals surface area contributed by atoms with Crippen molar-refractivity contribution in [1.29, 1.82) is 0 Å². The van der Waals surface area contributed by atoms with Gasteiger partial charge in [0.2, 0.25) is 5.91 Å². The predicted octanol–water partition coefficient (Wildman–Crippen LogP) is 2.75. The molecule has 0 radical (unpaired) electrons.